The molecule has 2 fully saturated rings. The van der Waals surface area contributed by atoms with Crippen LogP contribution in [0.25, 0.3) is 0 Å². The summed E-state index contributed by atoms with van der Waals surface area (Å²) in [6, 6.07) is 0. The van der Waals surface area contributed by atoms with Crippen molar-refractivity contribution in [1.29, 1.82) is 0 Å². The van der Waals surface area contributed by atoms with Gasteiger partial charge in [-0.2, -0.15) is 0 Å². The lowest BCUT2D eigenvalue weighted by molar-refractivity contribution is -0.120. The molecule has 2 aromatic rings. The van der Waals surface area contributed by atoms with Crippen LogP contribution in [0, 0.1) is 5.92 Å². The molecular formula is C15H18N4OS2. The van der Waals surface area contributed by atoms with Crippen molar-refractivity contribution in [3.05, 3.63) is 22.7 Å². The van der Waals surface area contributed by atoms with Gasteiger partial charge in [0.1, 0.15) is 0 Å². The Hall–Kier alpha value is -1.47. The fraction of sp³-hybridized carbons (Fsp3) is 0.533. The highest BCUT2D eigenvalue weighted by atomic mass is 32.1. The average molecular weight is 334 g/mol. The molecule has 1 saturated heterocycles. The van der Waals surface area contributed by atoms with Crippen LogP contribution in [0.4, 0.5) is 10.3 Å². The Bertz CT molecular complexity index is 642. The van der Waals surface area contributed by atoms with Crippen LogP contribution in [0.1, 0.15) is 37.3 Å². The first-order valence-corrected chi connectivity index (χ1v) is 9.46. The van der Waals surface area contributed by atoms with Crippen LogP contribution in [-0.2, 0) is 4.79 Å². The summed E-state index contributed by atoms with van der Waals surface area (Å²) in [7, 11) is 0. The highest BCUT2D eigenvalue weighted by molar-refractivity contribution is 7.14. The highest BCUT2D eigenvalue weighted by Crippen LogP contribution is 2.41. The Kier molecular flexibility index (Phi) is 3.83. The zero-order valence-electron chi connectivity index (χ0n) is 12.2. The van der Waals surface area contributed by atoms with Crippen LogP contribution < -0.4 is 10.2 Å². The molecule has 1 saturated carbocycles. The van der Waals surface area contributed by atoms with E-state index in [1.54, 1.807) is 22.7 Å². The number of nitrogens with one attached hydrogen (secondary N) is 1. The molecule has 116 valence electrons. The molecule has 22 heavy (non-hydrogen) atoms. The first-order chi connectivity index (χ1) is 10.8. The maximum atomic E-state index is 12.4. The minimum Gasteiger partial charge on any atom is -0.348 e. The van der Waals surface area contributed by atoms with Crippen molar-refractivity contribution in [1.82, 2.24) is 9.97 Å². The first kappa shape index (κ1) is 14.1. The lowest BCUT2D eigenvalue weighted by Gasteiger charge is -2.30. The van der Waals surface area contributed by atoms with Crippen molar-refractivity contribution in [3.8, 4) is 0 Å². The molecule has 4 rings (SSSR count). The van der Waals surface area contributed by atoms with Crippen molar-refractivity contribution in [3.63, 3.8) is 0 Å². The fourth-order valence-electron chi connectivity index (χ4n) is 2.82. The van der Waals surface area contributed by atoms with Crippen LogP contribution >= 0.6 is 22.7 Å². The Morgan fingerprint density at radius 3 is 2.73 bits per heavy atom. The van der Waals surface area contributed by atoms with E-state index in [1.807, 2.05) is 11.6 Å². The molecule has 3 heterocycles. The van der Waals surface area contributed by atoms with Gasteiger partial charge in [-0.3, -0.25) is 4.79 Å². The van der Waals surface area contributed by atoms with Gasteiger partial charge in [0.2, 0.25) is 5.91 Å². The Morgan fingerprint density at radius 2 is 2.05 bits per heavy atom. The van der Waals surface area contributed by atoms with Gasteiger partial charge in [0.25, 0.3) is 0 Å². The maximum Gasteiger partial charge on any atom is 0.229 e. The van der Waals surface area contributed by atoms with Crippen LogP contribution in [0.5, 0.6) is 0 Å². The molecule has 1 amide bonds. The van der Waals surface area contributed by atoms with Gasteiger partial charge < -0.3 is 10.2 Å². The van der Waals surface area contributed by atoms with Gasteiger partial charge >= 0.3 is 0 Å². The molecule has 2 aromatic heterocycles. The lowest BCUT2D eigenvalue weighted by Crippen LogP contribution is -2.38. The lowest BCUT2D eigenvalue weighted by atomic mass is 9.96. The second-order valence-corrected chi connectivity index (χ2v) is 7.65. The largest absolute Gasteiger partial charge is 0.348 e. The summed E-state index contributed by atoms with van der Waals surface area (Å²) in [6.45, 7) is 1.80. The standard InChI is InChI=1S/C15H18N4OS2/c20-13(18-14-17-12(9-22-14)10-1-2-10)11-3-6-19(7-4-11)15-16-5-8-21-15/h5,8-11H,1-4,6-7H2,(H,17,18,20). The topological polar surface area (TPSA) is 58.1 Å². The summed E-state index contributed by atoms with van der Waals surface area (Å²) in [5.41, 5.74) is 1.15. The smallest absolute Gasteiger partial charge is 0.229 e. The zero-order chi connectivity index (χ0) is 14.9. The summed E-state index contributed by atoms with van der Waals surface area (Å²) in [5.74, 6) is 0.850. The van der Waals surface area contributed by atoms with Crippen LogP contribution in [0.2, 0.25) is 0 Å². The molecule has 1 aliphatic heterocycles. The Labute approximate surface area is 137 Å². The van der Waals surface area contributed by atoms with Crippen molar-refractivity contribution in [2.45, 2.75) is 31.6 Å². The summed E-state index contributed by atoms with van der Waals surface area (Å²) in [6.07, 6.45) is 6.08. The number of piperidine rings is 1. The third-order valence-electron chi connectivity index (χ3n) is 4.30. The summed E-state index contributed by atoms with van der Waals surface area (Å²) >= 11 is 3.21. The number of hydrogen-bond acceptors (Lipinski definition) is 6. The third-order valence-corrected chi connectivity index (χ3v) is 5.91. The number of carbonyl (C=O) groups is 1. The van der Waals surface area contributed by atoms with Crippen molar-refractivity contribution in [2.24, 2.45) is 5.92 Å². The van der Waals surface area contributed by atoms with Gasteiger partial charge in [-0.1, -0.05) is 0 Å². The second-order valence-electron chi connectivity index (χ2n) is 5.92. The maximum absolute atomic E-state index is 12.4. The minimum absolute atomic E-state index is 0.0875. The Balaban J connectivity index is 1.31. The summed E-state index contributed by atoms with van der Waals surface area (Å²) in [4.78, 5) is 23.5. The number of hydrogen-bond donors (Lipinski definition) is 1. The number of nitrogens with zero attached hydrogens (tertiary/aromatic N) is 3. The normalized spacial score (nSPS) is 19.4. The number of amides is 1. The van der Waals surface area contributed by atoms with Gasteiger partial charge in [-0.15, -0.1) is 22.7 Å². The Morgan fingerprint density at radius 1 is 1.23 bits per heavy atom. The molecule has 1 N–H and O–H groups in total. The van der Waals surface area contributed by atoms with Gasteiger partial charge in [0.05, 0.1) is 5.69 Å². The summed E-state index contributed by atoms with van der Waals surface area (Å²) < 4.78 is 0. The molecule has 0 aromatic carbocycles. The van der Waals surface area contributed by atoms with E-state index in [0.29, 0.717) is 5.92 Å². The molecule has 0 unspecified atom stereocenters. The highest BCUT2D eigenvalue weighted by Gasteiger charge is 2.28. The fourth-order valence-corrected chi connectivity index (χ4v) is 4.31. The molecule has 0 radical (unpaired) electrons. The van der Waals surface area contributed by atoms with Gasteiger partial charge in [-0.25, -0.2) is 9.97 Å². The second kappa shape index (κ2) is 5.96. The van der Waals surface area contributed by atoms with E-state index in [0.717, 1.165) is 41.9 Å². The van der Waals surface area contributed by atoms with Gasteiger partial charge in [-0.05, 0) is 25.7 Å². The molecule has 0 bridgehead atoms. The van der Waals surface area contributed by atoms with E-state index in [1.165, 1.54) is 12.8 Å². The number of thiazole rings is 2. The molecule has 5 nitrogen and oxygen atoms in total. The number of aromatic nitrogens is 2. The number of rotatable bonds is 4. The van der Waals surface area contributed by atoms with Gasteiger partial charge in [0.15, 0.2) is 10.3 Å². The van der Waals surface area contributed by atoms with Crippen molar-refractivity contribution in [2.75, 3.05) is 23.3 Å². The molecule has 7 heteroatoms. The van der Waals surface area contributed by atoms with E-state index in [2.05, 4.69) is 25.6 Å². The van der Waals surface area contributed by atoms with E-state index >= 15 is 0 Å². The minimum atomic E-state index is 0.0875. The van der Waals surface area contributed by atoms with Crippen LogP contribution in [0.3, 0.4) is 0 Å². The average Bonchev–Trinajstić information content (AvgIpc) is 3.06. The molecule has 2 aliphatic rings. The van der Waals surface area contributed by atoms with Crippen molar-refractivity contribution >= 4 is 38.8 Å². The SMILES string of the molecule is O=C(Nc1nc(C2CC2)cs1)C1CCN(c2nccs2)CC1. The van der Waals surface area contributed by atoms with Gasteiger partial charge in [0, 0.05) is 41.9 Å². The quantitative estimate of drug-likeness (QED) is 0.932. The summed E-state index contributed by atoms with van der Waals surface area (Å²) in [5, 5.41) is 8.90. The monoisotopic (exact) mass is 334 g/mol. The first-order valence-electron chi connectivity index (χ1n) is 7.70. The van der Waals surface area contributed by atoms with E-state index in [9.17, 15) is 4.79 Å². The predicted molar refractivity (Wildman–Crippen MR) is 89.8 cm³/mol. The molecule has 1 aliphatic carbocycles. The molecule has 0 atom stereocenters. The zero-order valence-corrected chi connectivity index (χ0v) is 13.8. The molecule has 0 spiro atoms. The number of carbonyl (C=O) groups excluding carboxylic acids is 1. The van der Waals surface area contributed by atoms with E-state index in [-0.39, 0.29) is 11.8 Å². The van der Waals surface area contributed by atoms with Crippen molar-refractivity contribution < 1.29 is 4.79 Å². The van der Waals surface area contributed by atoms with Crippen LogP contribution in [0.15, 0.2) is 17.0 Å². The molecular weight excluding hydrogens is 316 g/mol. The number of anilines is 2. The third kappa shape index (κ3) is 3.01. The van der Waals surface area contributed by atoms with E-state index < -0.39 is 0 Å². The van der Waals surface area contributed by atoms with E-state index in [4.69, 9.17) is 0 Å². The van der Waals surface area contributed by atoms with Crippen LogP contribution in [-0.4, -0.2) is 29.0 Å². The predicted octanol–water partition coefficient (Wildman–Crippen LogP) is 3.33.